The van der Waals surface area contributed by atoms with Crippen LogP contribution < -0.4 is 5.32 Å². The van der Waals surface area contributed by atoms with Gasteiger partial charge in [0.1, 0.15) is 6.61 Å². The number of hydrogen-bond donors (Lipinski definition) is 2. The lowest BCUT2D eigenvalue weighted by molar-refractivity contribution is -0.161. The predicted molar refractivity (Wildman–Crippen MR) is 215 cm³/mol. The normalized spacial score (nSPS) is 13.5. The van der Waals surface area contributed by atoms with Crippen LogP contribution in [0.5, 0.6) is 0 Å². The number of ether oxygens (including phenoxy) is 2. The number of hydrogen-bond acceptors (Lipinski definition) is 8. The van der Waals surface area contributed by atoms with Crippen molar-refractivity contribution in [1.82, 2.24) is 5.32 Å². The van der Waals surface area contributed by atoms with E-state index in [-0.39, 0.29) is 32.0 Å². The van der Waals surface area contributed by atoms with Crippen molar-refractivity contribution >= 4 is 19.8 Å². The lowest BCUT2D eigenvalue weighted by Crippen LogP contribution is -2.29. The molecule has 0 heterocycles. The van der Waals surface area contributed by atoms with E-state index in [1.165, 1.54) is 89.9 Å². The summed E-state index contributed by atoms with van der Waals surface area (Å²) in [6.07, 6.45) is 39.3. The fraction of sp³-hybridized carbons (Fsp3) is 0.857. The van der Waals surface area contributed by atoms with E-state index in [2.05, 4.69) is 43.5 Å². The van der Waals surface area contributed by atoms with E-state index in [0.29, 0.717) is 13.0 Å². The number of unbranched alkanes of at least 4 members (excludes halogenated alkanes) is 22. The molecule has 0 aromatic carbocycles. The van der Waals surface area contributed by atoms with E-state index < -0.39 is 26.5 Å². The maximum Gasteiger partial charge on any atom is 0.472 e. The van der Waals surface area contributed by atoms with E-state index in [9.17, 15) is 19.0 Å². The highest BCUT2D eigenvalue weighted by Crippen LogP contribution is 2.43. The largest absolute Gasteiger partial charge is 0.472 e. The van der Waals surface area contributed by atoms with Gasteiger partial charge < -0.3 is 19.7 Å². The number of phosphoric acid groups is 1. The molecule has 0 radical (unpaired) electrons. The number of allylic oxidation sites excluding steroid dienone is 4. The van der Waals surface area contributed by atoms with Gasteiger partial charge in [-0.05, 0) is 71.3 Å². The van der Waals surface area contributed by atoms with Gasteiger partial charge in [-0.25, -0.2) is 4.57 Å². The second-order valence-corrected chi connectivity index (χ2v) is 15.6. The summed E-state index contributed by atoms with van der Waals surface area (Å²) in [5.41, 5.74) is 0. The summed E-state index contributed by atoms with van der Waals surface area (Å²) in [5, 5.41) is 2.82. The molecular formula is C42H80NO8P. The molecule has 0 spiro atoms. The minimum absolute atomic E-state index is 0.0187. The zero-order chi connectivity index (χ0) is 38.2. The molecule has 306 valence electrons. The molecule has 0 saturated heterocycles. The van der Waals surface area contributed by atoms with Crippen molar-refractivity contribution in [1.29, 1.82) is 0 Å². The molecule has 9 nitrogen and oxygen atoms in total. The summed E-state index contributed by atoms with van der Waals surface area (Å²) in [5.74, 6) is -0.822. The second-order valence-electron chi connectivity index (χ2n) is 14.2. The standard InChI is InChI=1S/C42H80NO8P/c1-4-6-8-10-12-14-16-18-20-22-24-26-28-30-32-34-41(44)48-38-40(39-50-52(46,47)49-37-36-43-3)51-42(45)35-33-31-29-27-25-23-21-19-17-15-13-11-9-7-5-2/h18-21,40,43H,4-17,22-39H2,1-3H3,(H,46,47)/b20-18+,21-19+/t40-/m1/s1. The van der Waals surface area contributed by atoms with Crippen LogP contribution in [0.2, 0.25) is 0 Å². The number of rotatable bonds is 40. The van der Waals surface area contributed by atoms with Gasteiger partial charge in [-0.15, -0.1) is 0 Å². The molecule has 52 heavy (non-hydrogen) atoms. The van der Waals surface area contributed by atoms with Crippen molar-refractivity contribution in [3.63, 3.8) is 0 Å². The zero-order valence-corrected chi connectivity index (χ0v) is 34.7. The molecule has 0 rings (SSSR count). The molecule has 0 aromatic heterocycles. The fourth-order valence-electron chi connectivity index (χ4n) is 5.78. The molecule has 10 heteroatoms. The lowest BCUT2D eigenvalue weighted by atomic mass is 10.1. The van der Waals surface area contributed by atoms with Crippen LogP contribution in [0.25, 0.3) is 0 Å². The van der Waals surface area contributed by atoms with Crippen LogP contribution in [-0.4, -0.2) is 56.3 Å². The maximum atomic E-state index is 12.6. The van der Waals surface area contributed by atoms with E-state index in [1.807, 2.05) is 0 Å². The minimum Gasteiger partial charge on any atom is -0.462 e. The highest BCUT2D eigenvalue weighted by molar-refractivity contribution is 7.47. The third-order valence-corrected chi connectivity index (χ3v) is 10.0. The summed E-state index contributed by atoms with van der Waals surface area (Å²) < 4.78 is 33.1. The van der Waals surface area contributed by atoms with Crippen molar-refractivity contribution in [3.8, 4) is 0 Å². The van der Waals surface area contributed by atoms with E-state index >= 15 is 0 Å². The van der Waals surface area contributed by atoms with Crippen LogP contribution in [0.1, 0.15) is 194 Å². The Kier molecular flexibility index (Phi) is 38.1. The van der Waals surface area contributed by atoms with Crippen LogP contribution in [0.4, 0.5) is 0 Å². The molecule has 2 atom stereocenters. The Balaban J connectivity index is 4.25. The number of carbonyl (C=O) groups is 2. The Labute approximate surface area is 319 Å². The molecule has 0 bridgehead atoms. The summed E-state index contributed by atoms with van der Waals surface area (Å²) in [7, 11) is -2.65. The smallest absolute Gasteiger partial charge is 0.462 e. The SMILES string of the molecule is CCCCCCCC/C=C/CCCCCCCC(=O)OC[C@H](COP(=O)(O)OCCNC)OC(=O)CCCCCCC/C=C/CCCCCCCC. The van der Waals surface area contributed by atoms with Crippen LogP contribution >= 0.6 is 7.82 Å². The summed E-state index contributed by atoms with van der Waals surface area (Å²) in [4.78, 5) is 35.0. The first-order chi connectivity index (χ1) is 25.3. The first-order valence-corrected chi connectivity index (χ1v) is 22.8. The van der Waals surface area contributed by atoms with E-state index in [1.54, 1.807) is 7.05 Å². The molecule has 0 aromatic rings. The number of nitrogens with one attached hydrogen (secondary N) is 1. The Bertz CT molecular complexity index is 912. The molecule has 0 aliphatic heterocycles. The molecule has 0 amide bonds. The molecule has 0 aliphatic rings. The van der Waals surface area contributed by atoms with Crippen molar-refractivity contribution in [2.45, 2.75) is 200 Å². The average molecular weight is 758 g/mol. The quantitative estimate of drug-likeness (QED) is 0.0272. The van der Waals surface area contributed by atoms with Gasteiger partial charge in [0.25, 0.3) is 0 Å². The monoisotopic (exact) mass is 758 g/mol. The molecule has 0 fully saturated rings. The summed E-state index contributed by atoms with van der Waals surface area (Å²) in [6, 6.07) is 0. The summed E-state index contributed by atoms with van der Waals surface area (Å²) >= 11 is 0. The van der Waals surface area contributed by atoms with Gasteiger partial charge in [-0.3, -0.25) is 18.6 Å². The number of esters is 2. The van der Waals surface area contributed by atoms with Gasteiger partial charge in [-0.1, -0.05) is 141 Å². The lowest BCUT2D eigenvalue weighted by Gasteiger charge is -2.20. The molecule has 0 aliphatic carbocycles. The van der Waals surface area contributed by atoms with Crippen LogP contribution in [0, 0.1) is 0 Å². The number of carbonyl (C=O) groups excluding carboxylic acids is 2. The molecule has 1 unspecified atom stereocenters. The second kappa shape index (κ2) is 39.2. The molecule has 0 saturated carbocycles. The number of likely N-dealkylation sites (N-methyl/N-ethyl adjacent to an activating group) is 1. The van der Waals surface area contributed by atoms with Gasteiger partial charge in [0, 0.05) is 19.4 Å². The van der Waals surface area contributed by atoms with Crippen molar-refractivity contribution < 1.29 is 37.6 Å². The summed E-state index contributed by atoms with van der Waals surface area (Å²) in [6.45, 7) is 4.20. The Morgan fingerprint density at radius 2 is 0.981 bits per heavy atom. The van der Waals surface area contributed by atoms with E-state index in [4.69, 9.17) is 18.5 Å². The Hall–Kier alpha value is -1.51. The maximum absolute atomic E-state index is 12.6. The van der Waals surface area contributed by atoms with Gasteiger partial charge in [0.05, 0.1) is 13.2 Å². The number of phosphoric ester groups is 1. The van der Waals surface area contributed by atoms with Crippen molar-refractivity contribution in [2.75, 3.05) is 33.4 Å². The average Bonchev–Trinajstić information content (AvgIpc) is 3.12. The third-order valence-electron chi connectivity index (χ3n) is 9.04. The van der Waals surface area contributed by atoms with Crippen LogP contribution in [-0.2, 0) is 32.7 Å². The van der Waals surface area contributed by atoms with Gasteiger partial charge in [0.15, 0.2) is 6.10 Å². The van der Waals surface area contributed by atoms with Crippen LogP contribution in [0.3, 0.4) is 0 Å². The minimum atomic E-state index is -4.35. The Morgan fingerprint density at radius 3 is 1.42 bits per heavy atom. The topological polar surface area (TPSA) is 120 Å². The third kappa shape index (κ3) is 38.2. The van der Waals surface area contributed by atoms with Crippen LogP contribution in [0.15, 0.2) is 24.3 Å². The van der Waals surface area contributed by atoms with Crippen molar-refractivity contribution in [3.05, 3.63) is 24.3 Å². The molecular weight excluding hydrogens is 677 g/mol. The fourth-order valence-corrected chi connectivity index (χ4v) is 6.53. The predicted octanol–water partition coefficient (Wildman–Crippen LogP) is 11.9. The van der Waals surface area contributed by atoms with Crippen molar-refractivity contribution in [2.24, 2.45) is 0 Å². The molecule has 2 N–H and O–H groups in total. The highest BCUT2D eigenvalue weighted by Gasteiger charge is 2.26. The highest BCUT2D eigenvalue weighted by atomic mass is 31.2. The Morgan fingerprint density at radius 1 is 0.577 bits per heavy atom. The van der Waals surface area contributed by atoms with E-state index in [0.717, 1.165) is 70.6 Å². The van der Waals surface area contributed by atoms with Gasteiger partial charge >= 0.3 is 19.8 Å². The van der Waals surface area contributed by atoms with Gasteiger partial charge in [-0.2, -0.15) is 0 Å². The first kappa shape index (κ1) is 50.5. The zero-order valence-electron chi connectivity index (χ0n) is 33.8. The van der Waals surface area contributed by atoms with Gasteiger partial charge in [0.2, 0.25) is 0 Å². The first-order valence-electron chi connectivity index (χ1n) is 21.3.